The molecule has 1 N–H and O–H groups in total. The Hall–Kier alpha value is -3.39. The van der Waals surface area contributed by atoms with Crippen molar-refractivity contribution in [3.63, 3.8) is 0 Å². The van der Waals surface area contributed by atoms with Crippen LogP contribution in [0.3, 0.4) is 0 Å². The van der Waals surface area contributed by atoms with Crippen molar-refractivity contribution in [3.05, 3.63) is 71.8 Å². The first-order valence-corrected chi connectivity index (χ1v) is 14.6. The first-order chi connectivity index (χ1) is 17.9. The molecule has 0 saturated carbocycles. The van der Waals surface area contributed by atoms with Crippen molar-refractivity contribution < 1.29 is 18.0 Å². The quantitative estimate of drug-likeness (QED) is 0.410. The minimum Gasteiger partial charge on any atom is -0.350 e. The van der Waals surface area contributed by atoms with Crippen LogP contribution < -0.4 is 9.62 Å². The Bertz CT molecular complexity index is 1440. The Morgan fingerprint density at radius 1 is 1.00 bits per heavy atom. The lowest BCUT2D eigenvalue weighted by Crippen LogP contribution is -2.53. The number of carbonyl (C=O) groups is 2. The Morgan fingerprint density at radius 3 is 2.29 bits per heavy atom. The summed E-state index contributed by atoms with van der Waals surface area (Å²) in [6.07, 6.45) is 0.936. The Labute approximate surface area is 225 Å². The zero-order valence-electron chi connectivity index (χ0n) is 22.8. The number of aryl methyl sites for hydroxylation is 1. The Kier molecular flexibility index (Phi) is 7.83. The average molecular weight is 536 g/mol. The second kappa shape index (κ2) is 10.8. The fraction of sp³-hybridized carbons (Fsp3) is 0.400. The summed E-state index contributed by atoms with van der Waals surface area (Å²) in [5.74, 6) is -0.362. The van der Waals surface area contributed by atoms with Crippen molar-refractivity contribution in [1.29, 1.82) is 0 Å². The van der Waals surface area contributed by atoms with E-state index in [1.165, 1.54) is 4.31 Å². The van der Waals surface area contributed by atoms with Crippen molar-refractivity contribution in [3.8, 4) is 0 Å². The first kappa shape index (κ1) is 27.6. The molecule has 1 aliphatic heterocycles. The van der Waals surface area contributed by atoms with Gasteiger partial charge in [-0.25, -0.2) is 8.42 Å². The monoisotopic (exact) mass is 535 g/mol. The summed E-state index contributed by atoms with van der Waals surface area (Å²) in [5, 5.41) is 4.62. The molecule has 3 aromatic carbocycles. The second-order valence-electron chi connectivity index (χ2n) is 11.0. The van der Waals surface area contributed by atoms with E-state index < -0.39 is 21.6 Å². The number of rotatable bonds is 9. The van der Waals surface area contributed by atoms with Crippen molar-refractivity contribution in [1.82, 2.24) is 10.2 Å². The van der Waals surface area contributed by atoms with Crippen LogP contribution in [-0.2, 0) is 26.2 Å². The number of anilines is 1. The third kappa shape index (κ3) is 5.70. The first-order valence-electron chi connectivity index (χ1n) is 13.1. The zero-order chi connectivity index (χ0) is 27.7. The lowest BCUT2D eigenvalue weighted by molar-refractivity contribution is -0.142. The lowest BCUT2D eigenvalue weighted by Gasteiger charge is -2.33. The maximum atomic E-state index is 13.6. The SMILES string of the molecule is CC[C@H](C(=O)NC(C)(C)C)N(Cc1ccc(C)cc1)C(=O)CCCN1c2cccc3cccc(c23)S1(=O)=O. The largest absolute Gasteiger partial charge is 0.350 e. The van der Waals surface area contributed by atoms with Crippen LogP contribution >= 0.6 is 0 Å². The maximum absolute atomic E-state index is 13.6. The minimum absolute atomic E-state index is 0.128. The molecule has 0 radical (unpaired) electrons. The molecule has 8 heteroatoms. The molecule has 1 aliphatic rings. The van der Waals surface area contributed by atoms with E-state index in [9.17, 15) is 18.0 Å². The van der Waals surface area contributed by atoms with E-state index in [0.29, 0.717) is 30.0 Å². The molecule has 202 valence electrons. The van der Waals surface area contributed by atoms with Gasteiger partial charge in [0.2, 0.25) is 11.8 Å². The van der Waals surface area contributed by atoms with Gasteiger partial charge in [0.05, 0.1) is 10.6 Å². The molecule has 1 atom stereocenters. The van der Waals surface area contributed by atoms with E-state index >= 15 is 0 Å². The third-order valence-corrected chi connectivity index (χ3v) is 8.65. The van der Waals surface area contributed by atoms with Gasteiger partial charge in [-0.1, -0.05) is 61.0 Å². The zero-order valence-corrected chi connectivity index (χ0v) is 23.6. The van der Waals surface area contributed by atoms with E-state index in [1.807, 2.05) is 83.1 Å². The highest BCUT2D eigenvalue weighted by molar-refractivity contribution is 7.93. The van der Waals surface area contributed by atoms with Crippen molar-refractivity contribution >= 4 is 38.3 Å². The van der Waals surface area contributed by atoms with Crippen LogP contribution in [0.5, 0.6) is 0 Å². The summed E-state index contributed by atoms with van der Waals surface area (Å²) < 4.78 is 28.0. The molecule has 0 saturated heterocycles. The molecule has 2 amide bonds. The van der Waals surface area contributed by atoms with Gasteiger partial charge in [0.1, 0.15) is 6.04 Å². The standard InChI is InChI=1S/C30H37N3O4S/c1-6-24(29(35)31-30(3,4)5)32(20-22-17-15-21(2)16-18-22)27(34)14-9-19-33-25-12-7-10-23-11-8-13-26(28(23)25)38(33,36)37/h7-8,10-13,15-18,24H,6,9,14,19-20H2,1-5H3,(H,31,35)/t24-/m1/s1. The molecule has 0 fully saturated rings. The summed E-state index contributed by atoms with van der Waals surface area (Å²) in [5.41, 5.74) is 2.28. The van der Waals surface area contributed by atoms with E-state index in [4.69, 9.17) is 0 Å². The van der Waals surface area contributed by atoms with Crippen LogP contribution in [0.25, 0.3) is 10.8 Å². The summed E-state index contributed by atoms with van der Waals surface area (Å²) in [4.78, 5) is 28.7. The van der Waals surface area contributed by atoms with Crippen molar-refractivity contribution in [2.45, 2.75) is 76.9 Å². The number of hydrogen-bond donors (Lipinski definition) is 1. The van der Waals surface area contributed by atoms with Crippen LogP contribution in [0.2, 0.25) is 0 Å². The number of carbonyl (C=O) groups excluding carboxylic acids is 2. The van der Waals surface area contributed by atoms with E-state index in [1.54, 1.807) is 17.0 Å². The fourth-order valence-corrected chi connectivity index (χ4v) is 6.73. The molecule has 0 aliphatic carbocycles. The highest BCUT2D eigenvalue weighted by Crippen LogP contribution is 2.42. The molecular weight excluding hydrogens is 498 g/mol. The number of nitrogens with one attached hydrogen (secondary N) is 1. The third-order valence-electron chi connectivity index (χ3n) is 6.79. The number of amides is 2. The number of nitrogens with zero attached hydrogens (tertiary/aromatic N) is 2. The van der Waals surface area contributed by atoms with Crippen LogP contribution in [0, 0.1) is 6.92 Å². The molecule has 1 heterocycles. The van der Waals surface area contributed by atoms with Gasteiger partial charge in [-0.2, -0.15) is 0 Å². The molecular formula is C30H37N3O4S. The predicted molar refractivity (Wildman–Crippen MR) is 151 cm³/mol. The van der Waals surface area contributed by atoms with Gasteiger partial charge in [0, 0.05) is 30.4 Å². The maximum Gasteiger partial charge on any atom is 0.265 e. The number of hydrogen-bond acceptors (Lipinski definition) is 4. The molecule has 7 nitrogen and oxygen atoms in total. The van der Waals surface area contributed by atoms with Gasteiger partial charge in [0.25, 0.3) is 10.0 Å². The lowest BCUT2D eigenvalue weighted by atomic mass is 10.0. The molecule has 3 aromatic rings. The molecule has 0 unspecified atom stereocenters. The van der Waals surface area contributed by atoms with Crippen LogP contribution in [0.15, 0.2) is 65.6 Å². The highest BCUT2D eigenvalue weighted by atomic mass is 32.2. The van der Waals surface area contributed by atoms with Gasteiger partial charge in [-0.05, 0) is 63.6 Å². The highest BCUT2D eigenvalue weighted by Gasteiger charge is 2.36. The van der Waals surface area contributed by atoms with Gasteiger partial charge in [-0.15, -0.1) is 0 Å². The summed E-state index contributed by atoms with van der Waals surface area (Å²) in [6.45, 7) is 10.1. The van der Waals surface area contributed by atoms with Crippen LogP contribution in [-0.4, -0.2) is 43.3 Å². The normalized spacial score (nSPS) is 14.9. The summed E-state index contributed by atoms with van der Waals surface area (Å²) >= 11 is 0. The summed E-state index contributed by atoms with van der Waals surface area (Å²) in [7, 11) is -3.68. The number of sulfonamides is 1. The fourth-order valence-electron chi connectivity index (χ4n) is 4.98. The van der Waals surface area contributed by atoms with Crippen LogP contribution in [0.1, 0.15) is 58.1 Å². The van der Waals surface area contributed by atoms with Gasteiger partial charge in [-0.3, -0.25) is 13.9 Å². The van der Waals surface area contributed by atoms with Crippen LogP contribution in [0.4, 0.5) is 5.69 Å². The van der Waals surface area contributed by atoms with E-state index in [0.717, 1.165) is 21.9 Å². The smallest absolute Gasteiger partial charge is 0.265 e. The molecule has 38 heavy (non-hydrogen) atoms. The topological polar surface area (TPSA) is 86.8 Å². The van der Waals surface area contributed by atoms with E-state index in [2.05, 4.69) is 5.32 Å². The van der Waals surface area contributed by atoms with E-state index in [-0.39, 0.29) is 24.8 Å². The predicted octanol–water partition coefficient (Wildman–Crippen LogP) is 5.16. The van der Waals surface area contributed by atoms with Gasteiger partial charge < -0.3 is 10.2 Å². The molecule has 4 rings (SSSR count). The molecule has 0 aromatic heterocycles. The Balaban J connectivity index is 1.53. The Morgan fingerprint density at radius 2 is 1.66 bits per heavy atom. The summed E-state index contributed by atoms with van der Waals surface area (Å²) in [6, 6.07) is 18.2. The van der Waals surface area contributed by atoms with Crippen molar-refractivity contribution in [2.75, 3.05) is 10.8 Å². The average Bonchev–Trinajstić information content (AvgIpc) is 3.07. The van der Waals surface area contributed by atoms with Gasteiger partial charge >= 0.3 is 0 Å². The minimum atomic E-state index is -3.68. The van der Waals surface area contributed by atoms with Crippen molar-refractivity contribution in [2.24, 2.45) is 0 Å². The second-order valence-corrected chi connectivity index (χ2v) is 12.8. The van der Waals surface area contributed by atoms with Gasteiger partial charge in [0.15, 0.2) is 0 Å². The number of benzene rings is 3. The molecule has 0 bridgehead atoms. The molecule has 0 spiro atoms.